The number of nitrogens with two attached hydrogens (primary N) is 1. The fourth-order valence-corrected chi connectivity index (χ4v) is 2.75. The molecule has 0 bridgehead atoms. The number of amides is 1. The quantitative estimate of drug-likeness (QED) is 0.796. The van der Waals surface area contributed by atoms with Crippen molar-refractivity contribution in [2.75, 3.05) is 46.4 Å². The molecule has 1 fully saturated rings. The highest BCUT2D eigenvalue weighted by Crippen LogP contribution is 2.11. The van der Waals surface area contributed by atoms with Gasteiger partial charge in [-0.05, 0) is 25.1 Å². The van der Waals surface area contributed by atoms with Gasteiger partial charge in [-0.15, -0.1) is 0 Å². The Labute approximate surface area is 130 Å². The number of nitrogens with zero attached hydrogens (tertiary/aromatic N) is 2. The minimum atomic E-state index is -0.338. The maximum atomic E-state index is 13.6. The third-order valence-electron chi connectivity index (χ3n) is 3.82. The van der Waals surface area contributed by atoms with Gasteiger partial charge >= 0.3 is 0 Å². The Morgan fingerprint density at radius 1 is 1.50 bits per heavy atom. The van der Waals surface area contributed by atoms with Gasteiger partial charge in [-0.3, -0.25) is 14.6 Å². The first-order chi connectivity index (χ1) is 10.5. The van der Waals surface area contributed by atoms with Crippen LogP contribution in [0.5, 0.6) is 0 Å². The van der Waals surface area contributed by atoms with Crippen molar-refractivity contribution in [3.63, 3.8) is 0 Å². The lowest BCUT2D eigenvalue weighted by atomic mass is 10.1. The van der Waals surface area contributed by atoms with Gasteiger partial charge < -0.3 is 10.5 Å². The molecular weight excluding hydrogens is 285 g/mol. The number of ether oxygens (including phenoxy) is 1. The second-order valence-electron chi connectivity index (χ2n) is 5.80. The average Bonchev–Trinajstić information content (AvgIpc) is 2.46. The summed E-state index contributed by atoms with van der Waals surface area (Å²) < 4.78 is 19.3. The Kier molecular flexibility index (Phi) is 6.30. The largest absolute Gasteiger partial charge is 0.374 e. The van der Waals surface area contributed by atoms with Crippen molar-refractivity contribution in [1.29, 1.82) is 0 Å². The molecule has 1 aromatic rings. The first-order valence-electron chi connectivity index (χ1n) is 7.59. The third kappa shape index (κ3) is 5.36. The molecule has 2 N–H and O–H groups in total. The predicted molar refractivity (Wildman–Crippen MR) is 83.0 cm³/mol. The van der Waals surface area contributed by atoms with Crippen molar-refractivity contribution < 1.29 is 13.9 Å². The molecule has 1 heterocycles. The Bertz CT molecular complexity index is 498. The second kappa shape index (κ2) is 8.22. The summed E-state index contributed by atoms with van der Waals surface area (Å²) in [5.41, 5.74) is 5.93. The predicted octanol–water partition coefficient (Wildman–Crippen LogP) is 0.486. The minimum Gasteiger partial charge on any atom is -0.374 e. The van der Waals surface area contributed by atoms with E-state index in [4.69, 9.17) is 10.5 Å². The monoisotopic (exact) mass is 309 g/mol. The molecule has 0 saturated carbocycles. The summed E-state index contributed by atoms with van der Waals surface area (Å²) >= 11 is 0. The van der Waals surface area contributed by atoms with Gasteiger partial charge in [0.15, 0.2) is 0 Å². The molecule has 5 nitrogen and oxygen atoms in total. The number of rotatable bonds is 7. The maximum absolute atomic E-state index is 13.6. The van der Waals surface area contributed by atoms with Gasteiger partial charge in [-0.1, -0.05) is 18.2 Å². The fraction of sp³-hybridized carbons (Fsp3) is 0.562. The SMILES string of the molecule is CN(CC(N)=O)C[C@H]1CN(CCc2ccccc2F)CCO1. The summed E-state index contributed by atoms with van der Waals surface area (Å²) in [6.45, 7) is 4.00. The maximum Gasteiger partial charge on any atom is 0.231 e. The number of morpholine rings is 1. The van der Waals surface area contributed by atoms with Crippen molar-refractivity contribution in [1.82, 2.24) is 9.80 Å². The molecule has 0 radical (unpaired) electrons. The molecule has 1 atom stereocenters. The molecular formula is C16H24FN3O2. The van der Waals surface area contributed by atoms with E-state index < -0.39 is 0 Å². The van der Waals surface area contributed by atoms with E-state index in [2.05, 4.69) is 4.90 Å². The smallest absolute Gasteiger partial charge is 0.231 e. The van der Waals surface area contributed by atoms with Crippen LogP contribution in [0.4, 0.5) is 4.39 Å². The van der Waals surface area contributed by atoms with Crippen LogP contribution >= 0.6 is 0 Å². The van der Waals surface area contributed by atoms with Crippen LogP contribution in [-0.2, 0) is 16.0 Å². The van der Waals surface area contributed by atoms with Gasteiger partial charge in [0, 0.05) is 26.2 Å². The highest BCUT2D eigenvalue weighted by atomic mass is 19.1. The molecule has 0 aliphatic carbocycles. The minimum absolute atomic E-state index is 0.0544. The summed E-state index contributed by atoms with van der Waals surface area (Å²) in [6, 6.07) is 6.89. The Morgan fingerprint density at radius 3 is 3.00 bits per heavy atom. The summed E-state index contributed by atoms with van der Waals surface area (Å²) in [4.78, 5) is 15.0. The molecule has 6 heteroatoms. The molecule has 22 heavy (non-hydrogen) atoms. The normalized spacial score (nSPS) is 19.5. The molecule has 1 saturated heterocycles. The van der Waals surface area contributed by atoms with E-state index in [0.29, 0.717) is 19.6 Å². The summed E-state index contributed by atoms with van der Waals surface area (Å²) in [7, 11) is 1.85. The molecule has 1 amide bonds. The second-order valence-corrected chi connectivity index (χ2v) is 5.80. The van der Waals surface area contributed by atoms with Crippen LogP contribution in [0.15, 0.2) is 24.3 Å². The van der Waals surface area contributed by atoms with Gasteiger partial charge in [0.25, 0.3) is 0 Å². The topological polar surface area (TPSA) is 58.8 Å². The molecule has 0 aromatic heterocycles. The van der Waals surface area contributed by atoms with E-state index in [1.807, 2.05) is 24.1 Å². The van der Waals surface area contributed by atoms with E-state index in [-0.39, 0.29) is 24.4 Å². The van der Waals surface area contributed by atoms with Gasteiger partial charge in [0.1, 0.15) is 5.82 Å². The standard InChI is InChI=1S/C16H24FN3O2/c1-19(12-16(18)21)10-14-11-20(8-9-22-14)7-6-13-4-2-3-5-15(13)17/h2-5,14H,6-12H2,1H3,(H2,18,21)/t14-/m0/s1. The number of carbonyl (C=O) groups excluding carboxylic acids is 1. The van der Waals surface area contributed by atoms with Crippen LogP contribution < -0.4 is 5.73 Å². The summed E-state index contributed by atoms with van der Waals surface area (Å²) in [6.07, 6.45) is 0.745. The van der Waals surface area contributed by atoms with Gasteiger partial charge in [-0.2, -0.15) is 0 Å². The van der Waals surface area contributed by atoms with Gasteiger partial charge in [-0.25, -0.2) is 4.39 Å². The summed E-state index contributed by atoms with van der Waals surface area (Å²) in [5, 5.41) is 0. The highest BCUT2D eigenvalue weighted by Gasteiger charge is 2.22. The fourth-order valence-electron chi connectivity index (χ4n) is 2.75. The lowest BCUT2D eigenvalue weighted by Crippen LogP contribution is -2.48. The molecule has 2 rings (SSSR count). The zero-order valence-electron chi connectivity index (χ0n) is 13.0. The Hall–Kier alpha value is -1.50. The Balaban J connectivity index is 1.78. The van der Waals surface area contributed by atoms with Crippen molar-refractivity contribution in [2.24, 2.45) is 5.73 Å². The molecule has 1 aliphatic heterocycles. The van der Waals surface area contributed by atoms with Crippen molar-refractivity contribution >= 4 is 5.91 Å². The zero-order chi connectivity index (χ0) is 15.9. The number of hydrogen-bond acceptors (Lipinski definition) is 4. The van der Waals surface area contributed by atoms with Crippen LogP contribution in [0.3, 0.4) is 0 Å². The van der Waals surface area contributed by atoms with E-state index in [1.165, 1.54) is 6.07 Å². The Morgan fingerprint density at radius 2 is 2.27 bits per heavy atom. The summed E-state index contributed by atoms with van der Waals surface area (Å²) in [5.74, 6) is -0.483. The number of hydrogen-bond donors (Lipinski definition) is 1. The van der Waals surface area contributed by atoms with Crippen molar-refractivity contribution in [3.8, 4) is 0 Å². The molecule has 1 aromatic carbocycles. The van der Waals surface area contributed by atoms with E-state index >= 15 is 0 Å². The van der Waals surface area contributed by atoms with Gasteiger partial charge in [0.05, 0.1) is 19.3 Å². The molecule has 0 spiro atoms. The van der Waals surface area contributed by atoms with Crippen LogP contribution in [-0.4, -0.2) is 68.2 Å². The lowest BCUT2D eigenvalue weighted by molar-refractivity contribution is -0.119. The molecule has 1 aliphatic rings. The van der Waals surface area contributed by atoms with Crippen molar-refractivity contribution in [3.05, 3.63) is 35.6 Å². The van der Waals surface area contributed by atoms with E-state index in [0.717, 1.165) is 25.2 Å². The van der Waals surface area contributed by atoms with Crippen LogP contribution in [0.2, 0.25) is 0 Å². The number of likely N-dealkylation sites (N-methyl/N-ethyl adjacent to an activating group) is 1. The lowest BCUT2D eigenvalue weighted by Gasteiger charge is -2.34. The van der Waals surface area contributed by atoms with Crippen LogP contribution in [0.1, 0.15) is 5.56 Å². The number of carbonyl (C=O) groups is 1. The number of primary amides is 1. The number of benzene rings is 1. The van der Waals surface area contributed by atoms with E-state index in [9.17, 15) is 9.18 Å². The first-order valence-corrected chi connectivity index (χ1v) is 7.59. The van der Waals surface area contributed by atoms with Gasteiger partial charge in [0.2, 0.25) is 5.91 Å². The first kappa shape index (κ1) is 16.9. The number of halogens is 1. The third-order valence-corrected chi connectivity index (χ3v) is 3.82. The highest BCUT2D eigenvalue weighted by molar-refractivity contribution is 5.75. The average molecular weight is 309 g/mol. The van der Waals surface area contributed by atoms with Crippen LogP contribution in [0.25, 0.3) is 0 Å². The van der Waals surface area contributed by atoms with Crippen LogP contribution in [0, 0.1) is 5.82 Å². The van der Waals surface area contributed by atoms with E-state index in [1.54, 1.807) is 6.07 Å². The van der Waals surface area contributed by atoms with Crippen molar-refractivity contribution in [2.45, 2.75) is 12.5 Å². The zero-order valence-corrected chi connectivity index (χ0v) is 13.0. The molecule has 122 valence electrons. The molecule has 0 unspecified atom stereocenters.